The number of nitrogens with one attached hydrogen (secondary N) is 1. The van der Waals surface area contributed by atoms with Gasteiger partial charge in [-0.15, -0.1) is 0 Å². The van der Waals surface area contributed by atoms with E-state index in [0.717, 1.165) is 59.7 Å². The number of carbonyl (C=O) groups is 1. The number of benzene rings is 1. The van der Waals surface area contributed by atoms with Crippen LogP contribution in [0.3, 0.4) is 0 Å². The molecule has 3 aromatic heterocycles. The summed E-state index contributed by atoms with van der Waals surface area (Å²) in [4.78, 5) is 31.9. The number of carbonyl (C=O) groups excluding carboxylic acids is 1. The van der Waals surface area contributed by atoms with Crippen molar-refractivity contribution in [1.29, 1.82) is 0 Å². The van der Waals surface area contributed by atoms with Crippen molar-refractivity contribution < 1.29 is 4.79 Å². The molecule has 0 spiro atoms. The van der Waals surface area contributed by atoms with Crippen molar-refractivity contribution in [2.75, 3.05) is 13.1 Å². The summed E-state index contributed by atoms with van der Waals surface area (Å²) in [6.45, 7) is 5.51. The van der Waals surface area contributed by atoms with Gasteiger partial charge in [0, 0.05) is 36.8 Å². The summed E-state index contributed by atoms with van der Waals surface area (Å²) in [5.74, 6) is 2.03. The first-order chi connectivity index (χ1) is 14.6. The van der Waals surface area contributed by atoms with E-state index in [1.807, 2.05) is 43.0 Å². The second-order valence-corrected chi connectivity index (χ2v) is 8.05. The Balaban J connectivity index is 1.28. The number of fused-ring (bicyclic) bond motifs is 2. The first-order valence-corrected chi connectivity index (χ1v) is 10.5. The molecular weight excluding hydrogens is 378 g/mol. The second kappa shape index (κ2) is 7.51. The fourth-order valence-corrected chi connectivity index (χ4v) is 4.50. The molecule has 1 fully saturated rings. The van der Waals surface area contributed by atoms with Crippen LogP contribution in [0.15, 0.2) is 30.6 Å². The largest absolute Gasteiger partial charge is 0.342 e. The molecule has 1 aliphatic rings. The standard InChI is InChI=1S/C22H25N7O/c1-14-17(15(2)29-22(25-14)23-13-24-29)9-10-20(30)28-11-5-6-16(12-28)21-26-18-7-3-4-8-19(18)27-21/h3-4,7-8,13,16H,5-6,9-12H2,1-2H3,(H,26,27). The van der Waals surface area contributed by atoms with Gasteiger partial charge >= 0.3 is 0 Å². The zero-order chi connectivity index (χ0) is 20.7. The molecule has 1 amide bonds. The molecule has 1 aliphatic heterocycles. The highest BCUT2D eigenvalue weighted by Crippen LogP contribution is 2.27. The van der Waals surface area contributed by atoms with E-state index >= 15 is 0 Å². The number of nitrogens with zero attached hydrogens (tertiary/aromatic N) is 6. The third-order valence-corrected chi connectivity index (χ3v) is 6.15. The van der Waals surface area contributed by atoms with E-state index in [1.165, 1.54) is 6.33 Å². The average molecular weight is 403 g/mol. The fraction of sp³-hybridized carbons (Fsp3) is 0.409. The van der Waals surface area contributed by atoms with Crippen LogP contribution < -0.4 is 0 Å². The number of aromatic nitrogens is 6. The highest BCUT2D eigenvalue weighted by atomic mass is 16.2. The van der Waals surface area contributed by atoms with Crippen molar-refractivity contribution in [3.8, 4) is 0 Å². The van der Waals surface area contributed by atoms with Gasteiger partial charge in [0.1, 0.15) is 12.2 Å². The minimum atomic E-state index is 0.188. The number of imidazole rings is 1. The van der Waals surface area contributed by atoms with Crippen LogP contribution in [0, 0.1) is 13.8 Å². The minimum absolute atomic E-state index is 0.188. The van der Waals surface area contributed by atoms with Crippen molar-refractivity contribution in [3.63, 3.8) is 0 Å². The minimum Gasteiger partial charge on any atom is -0.342 e. The van der Waals surface area contributed by atoms with Gasteiger partial charge in [-0.3, -0.25) is 4.79 Å². The maximum Gasteiger partial charge on any atom is 0.252 e. The Hall–Kier alpha value is -3.29. The molecule has 0 bridgehead atoms. The molecule has 1 N–H and O–H groups in total. The Labute approximate surface area is 174 Å². The number of hydrogen-bond donors (Lipinski definition) is 1. The fourth-order valence-electron chi connectivity index (χ4n) is 4.50. The molecule has 154 valence electrons. The molecule has 0 aliphatic carbocycles. The van der Waals surface area contributed by atoms with E-state index in [-0.39, 0.29) is 11.8 Å². The van der Waals surface area contributed by atoms with Gasteiger partial charge in [-0.05, 0) is 50.8 Å². The second-order valence-electron chi connectivity index (χ2n) is 8.05. The summed E-state index contributed by atoms with van der Waals surface area (Å²) in [6, 6.07) is 8.07. The summed E-state index contributed by atoms with van der Waals surface area (Å²) < 4.78 is 1.74. The van der Waals surface area contributed by atoms with Gasteiger partial charge in [-0.2, -0.15) is 10.1 Å². The zero-order valence-corrected chi connectivity index (χ0v) is 17.3. The lowest BCUT2D eigenvalue weighted by molar-refractivity contribution is -0.132. The molecule has 1 saturated heterocycles. The lowest BCUT2D eigenvalue weighted by Gasteiger charge is -2.32. The third-order valence-electron chi connectivity index (χ3n) is 6.15. The number of para-hydroxylation sites is 2. The van der Waals surface area contributed by atoms with Gasteiger partial charge < -0.3 is 9.88 Å². The summed E-state index contributed by atoms with van der Waals surface area (Å²) in [6.07, 6.45) is 4.68. The van der Waals surface area contributed by atoms with Crippen LogP contribution in [0.5, 0.6) is 0 Å². The summed E-state index contributed by atoms with van der Waals surface area (Å²) in [5.41, 5.74) is 5.03. The van der Waals surface area contributed by atoms with Gasteiger partial charge in [0.25, 0.3) is 5.78 Å². The SMILES string of the molecule is Cc1nc2ncnn2c(C)c1CCC(=O)N1CCCC(c2nc3ccccc3[nH]2)C1. The topological polar surface area (TPSA) is 92.1 Å². The van der Waals surface area contributed by atoms with Crippen LogP contribution >= 0.6 is 0 Å². The van der Waals surface area contributed by atoms with E-state index in [2.05, 4.69) is 20.1 Å². The smallest absolute Gasteiger partial charge is 0.252 e. The molecule has 0 saturated carbocycles. The molecule has 5 rings (SSSR count). The van der Waals surface area contributed by atoms with Crippen LogP contribution in [0.4, 0.5) is 0 Å². The molecular formula is C22H25N7O. The maximum absolute atomic E-state index is 13.0. The van der Waals surface area contributed by atoms with E-state index in [0.29, 0.717) is 18.6 Å². The van der Waals surface area contributed by atoms with Crippen molar-refractivity contribution in [2.45, 2.75) is 45.4 Å². The average Bonchev–Trinajstić information content (AvgIpc) is 3.40. The Morgan fingerprint density at radius 3 is 2.97 bits per heavy atom. The predicted octanol–water partition coefficient (Wildman–Crippen LogP) is 2.96. The van der Waals surface area contributed by atoms with Gasteiger partial charge in [-0.25, -0.2) is 14.5 Å². The van der Waals surface area contributed by atoms with Crippen LogP contribution in [0.2, 0.25) is 0 Å². The molecule has 0 radical (unpaired) electrons. The number of aromatic amines is 1. The Morgan fingerprint density at radius 2 is 2.10 bits per heavy atom. The molecule has 30 heavy (non-hydrogen) atoms. The van der Waals surface area contributed by atoms with Crippen LogP contribution in [0.25, 0.3) is 16.8 Å². The number of likely N-dealkylation sites (tertiary alicyclic amines) is 1. The molecule has 1 unspecified atom stereocenters. The van der Waals surface area contributed by atoms with Crippen LogP contribution in [-0.4, -0.2) is 53.4 Å². The van der Waals surface area contributed by atoms with E-state index in [9.17, 15) is 4.79 Å². The van der Waals surface area contributed by atoms with Crippen LogP contribution in [-0.2, 0) is 11.2 Å². The van der Waals surface area contributed by atoms with Crippen molar-refractivity contribution >= 4 is 22.7 Å². The predicted molar refractivity (Wildman–Crippen MR) is 113 cm³/mol. The molecule has 1 atom stereocenters. The molecule has 4 aromatic rings. The van der Waals surface area contributed by atoms with Gasteiger partial charge in [0.15, 0.2) is 0 Å². The highest BCUT2D eigenvalue weighted by molar-refractivity contribution is 5.77. The van der Waals surface area contributed by atoms with Gasteiger partial charge in [0.05, 0.1) is 11.0 Å². The Bertz CT molecular complexity index is 1190. The van der Waals surface area contributed by atoms with E-state index in [4.69, 9.17) is 4.98 Å². The van der Waals surface area contributed by atoms with Crippen LogP contribution in [0.1, 0.15) is 48.0 Å². The number of aryl methyl sites for hydroxylation is 2. The van der Waals surface area contributed by atoms with Crippen molar-refractivity contribution in [1.82, 2.24) is 34.4 Å². The normalized spacial score (nSPS) is 17.1. The van der Waals surface area contributed by atoms with Crippen molar-refractivity contribution in [2.24, 2.45) is 0 Å². The van der Waals surface area contributed by atoms with Gasteiger partial charge in [-0.1, -0.05) is 12.1 Å². The quantitative estimate of drug-likeness (QED) is 0.566. The highest BCUT2D eigenvalue weighted by Gasteiger charge is 2.27. The van der Waals surface area contributed by atoms with Gasteiger partial charge in [0.2, 0.25) is 5.91 Å². The lowest BCUT2D eigenvalue weighted by atomic mass is 9.96. The number of hydrogen-bond acceptors (Lipinski definition) is 5. The molecule has 1 aromatic carbocycles. The van der Waals surface area contributed by atoms with E-state index in [1.54, 1.807) is 4.52 Å². The zero-order valence-electron chi connectivity index (χ0n) is 17.3. The summed E-state index contributed by atoms with van der Waals surface area (Å²) >= 11 is 0. The monoisotopic (exact) mass is 403 g/mol. The molecule has 4 heterocycles. The summed E-state index contributed by atoms with van der Waals surface area (Å²) in [5, 5.41) is 4.24. The van der Waals surface area contributed by atoms with E-state index < -0.39 is 0 Å². The number of piperidine rings is 1. The first-order valence-electron chi connectivity index (χ1n) is 10.5. The molecule has 8 heteroatoms. The lowest BCUT2D eigenvalue weighted by Crippen LogP contribution is -2.39. The number of rotatable bonds is 4. The summed E-state index contributed by atoms with van der Waals surface area (Å²) in [7, 11) is 0. The number of amides is 1. The first kappa shape index (κ1) is 18.7. The molecule has 8 nitrogen and oxygen atoms in total. The third kappa shape index (κ3) is 3.32. The Morgan fingerprint density at radius 1 is 1.23 bits per heavy atom. The Kier molecular flexibility index (Phi) is 4.69. The number of H-pyrrole nitrogens is 1. The van der Waals surface area contributed by atoms with Crippen molar-refractivity contribution in [3.05, 3.63) is 53.4 Å². The maximum atomic E-state index is 13.0.